The van der Waals surface area contributed by atoms with Gasteiger partial charge in [-0.1, -0.05) is 16.8 Å². The van der Waals surface area contributed by atoms with Crippen LogP contribution in [0.15, 0.2) is 28.8 Å². The van der Waals surface area contributed by atoms with E-state index in [1.807, 2.05) is 0 Å². The number of aromatic nitrogens is 2. The maximum atomic E-state index is 12.7. The Morgan fingerprint density at radius 3 is 2.69 bits per heavy atom. The number of carbonyl (C=O) groups is 2. The van der Waals surface area contributed by atoms with Crippen LogP contribution in [0, 0.1) is 0 Å². The second-order valence-corrected chi connectivity index (χ2v) is 8.36. The molecule has 1 aromatic carbocycles. The van der Waals surface area contributed by atoms with E-state index in [1.54, 1.807) is 45.0 Å². The van der Waals surface area contributed by atoms with Gasteiger partial charge in [-0.25, -0.2) is 4.79 Å². The maximum Gasteiger partial charge on any atom is 0.410 e. The number of piperidine rings is 1. The summed E-state index contributed by atoms with van der Waals surface area (Å²) in [5.41, 5.74) is 0.149. The van der Waals surface area contributed by atoms with E-state index in [2.05, 4.69) is 15.5 Å². The molecule has 3 rings (SSSR count). The SMILES string of the molecule is CC(C)(C)OC(=O)N1CCCC[C@H]1C(=O)NCc1nc(-c2ccc(Cl)cc2)no1. The lowest BCUT2D eigenvalue weighted by atomic mass is 10.0. The zero-order chi connectivity index (χ0) is 21.0. The number of likely N-dealkylation sites (tertiary alicyclic amines) is 1. The average Bonchev–Trinajstić information content (AvgIpc) is 3.14. The van der Waals surface area contributed by atoms with Gasteiger partial charge in [0.1, 0.15) is 11.6 Å². The van der Waals surface area contributed by atoms with Crippen LogP contribution < -0.4 is 5.32 Å². The quantitative estimate of drug-likeness (QED) is 0.807. The highest BCUT2D eigenvalue weighted by Crippen LogP contribution is 2.21. The van der Waals surface area contributed by atoms with Crippen molar-refractivity contribution in [2.75, 3.05) is 6.54 Å². The van der Waals surface area contributed by atoms with E-state index in [0.717, 1.165) is 18.4 Å². The van der Waals surface area contributed by atoms with Crippen LogP contribution in [0.5, 0.6) is 0 Å². The van der Waals surface area contributed by atoms with Gasteiger partial charge in [0.2, 0.25) is 17.6 Å². The summed E-state index contributed by atoms with van der Waals surface area (Å²) < 4.78 is 10.7. The van der Waals surface area contributed by atoms with Crippen LogP contribution in [0.1, 0.15) is 45.9 Å². The van der Waals surface area contributed by atoms with Gasteiger partial charge in [0.25, 0.3) is 0 Å². The standard InChI is InChI=1S/C20H25ClN4O4/c1-20(2,3)28-19(27)25-11-5-4-6-15(25)18(26)22-12-16-23-17(24-29-16)13-7-9-14(21)10-8-13/h7-10,15H,4-6,11-12H2,1-3H3,(H,22,26)/t15-/m0/s1. The van der Waals surface area contributed by atoms with Crippen molar-refractivity contribution in [3.63, 3.8) is 0 Å². The van der Waals surface area contributed by atoms with Gasteiger partial charge in [-0.05, 0) is 64.3 Å². The minimum absolute atomic E-state index is 0.0814. The molecule has 0 bridgehead atoms. The number of ether oxygens (including phenoxy) is 1. The first kappa shape index (κ1) is 21.1. The number of benzene rings is 1. The van der Waals surface area contributed by atoms with Crippen LogP contribution in [0.2, 0.25) is 5.02 Å². The summed E-state index contributed by atoms with van der Waals surface area (Å²) in [7, 11) is 0. The first-order chi connectivity index (χ1) is 13.7. The first-order valence-corrected chi connectivity index (χ1v) is 9.96. The average molecular weight is 421 g/mol. The number of hydrogen-bond donors (Lipinski definition) is 1. The molecule has 1 aliphatic heterocycles. The van der Waals surface area contributed by atoms with Gasteiger partial charge in [0, 0.05) is 17.1 Å². The summed E-state index contributed by atoms with van der Waals surface area (Å²) in [5.74, 6) is 0.434. The molecule has 29 heavy (non-hydrogen) atoms. The normalized spacial score (nSPS) is 17.1. The lowest BCUT2D eigenvalue weighted by Crippen LogP contribution is -2.53. The van der Waals surface area contributed by atoms with E-state index in [4.69, 9.17) is 20.9 Å². The van der Waals surface area contributed by atoms with Crippen molar-refractivity contribution in [2.45, 2.75) is 58.2 Å². The van der Waals surface area contributed by atoms with Crippen molar-refractivity contribution in [3.05, 3.63) is 35.2 Å². The topological polar surface area (TPSA) is 97.6 Å². The fourth-order valence-electron chi connectivity index (χ4n) is 3.07. The van der Waals surface area contributed by atoms with Crippen LogP contribution >= 0.6 is 11.6 Å². The van der Waals surface area contributed by atoms with E-state index < -0.39 is 17.7 Å². The molecule has 0 spiro atoms. The van der Waals surface area contributed by atoms with Crippen molar-refractivity contribution in [3.8, 4) is 11.4 Å². The predicted octanol–water partition coefficient (Wildman–Crippen LogP) is 3.80. The number of hydrogen-bond acceptors (Lipinski definition) is 6. The summed E-state index contributed by atoms with van der Waals surface area (Å²) in [6.45, 7) is 5.99. The Labute approximate surface area is 174 Å². The molecule has 8 nitrogen and oxygen atoms in total. The smallest absolute Gasteiger partial charge is 0.410 e. The largest absolute Gasteiger partial charge is 0.444 e. The van der Waals surface area contributed by atoms with Gasteiger partial charge in [0.15, 0.2) is 0 Å². The van der Waals surface area contributed by atoms with E-state index >= 15 is 0 Å². The van der Waals surface area contributed by atoms with Crippen molar-refractivity contribution in [1.29, 1.82) is 0 Å². The number of nitrogens with zero attached hydrogens (tertiary/aromatic N) is 3. The molecule has 2 heterocycles. The molecule has 1 atom stereocenters. The van der Waals surface area contributed by atoms with Crippen LogP contribution in [0.25, 0.3) is 11.4 Å². The van der Waals surface area contributed by atoms with Crippen molar-refractivity contribution in [2.24, 2.45) is 0 Å². The molecule has 2 aromatic rings. The number of amides is 2. The minimum atomic E-state index is -0.614. The third-order valence-electron chi connectivity index (χ3n) is 4.42. The molecule has 0 saturated carbocycles. The minimum Gasteiger partial charge on any atom is -0.444 e. The van der Waals surface area contributed by atoms with Gasteiger partial charge < -0.3 is 14.6 Å². The highest BCUT2D eigenvalue weighted by Gasteiger charge is 2.34. The maximum absolute atomic E-state index is 12.7. The van der Waals surface area contributed by atoms with Crippen molar-refractivity contribution < 1.29 is 18.8 Å². The van der Waals surface area contributed by atoms with Gasteiger partial charge in [0.05, 0.1) is 6.54 Å². The van der Waals surface area contributed by atoms with Crippen LogP contribution in [0.3, 0.4) is 0 Å². The Morgan fingerprint density at radius 1 is 1.28 bits per heavy atom. The van der Waals surface area contributed by atoms with Crippen LogP contribution in [-0.2, 0) is 16.1 Å². The fraction of sp³-hybridized carbons (Fsp3) is 0.500. The Morgan fingerprint density at radius 2 is 2.00 bits per heavy atom. The molecule has 1 aromatic heterocycles. The van der Waals surface area contributed by atoms with E-state index in [-0.39, 0.29) is 18.3 Å². The molecule has 1 saturated heterocycles. The van der Waals surface area contributed by atoms with Gasteiger partial charge in [-0.15, -0.1) is 0 Å². The zero-order valence-corrected chi connectivity index (χ0v) is 17.5. The summed E-state index contributed by atoms with van der Waals surface area (Å²) in [6, 6.07) is 6.48. The van der Waals surface area contributed by atoms with E-state index in [9.17, 15) is 9.59 Å². The van der Waals surface area contributed by atoms with Crippen molar-refractivity contribution >= 4 is 23.6 Å². The molecule has 0 aliphatic carbocycles. The molecule has 2 amide bonds. The van der Waals surface area contributed by atoms with Gasteiger partial charge in [-0.2, -0.15) is 4.98 Å². The second kappa shape index (κ2) is 8.82. The van der Waals surface area contributed by atoms with Gasteiger partial charge >= 0.3 is 6.09 Å². The molecule has 1 fully saturated rings. The Kier molecular flexibility index (Phi) is 6.42. The summed E-state index contributed by atoms with van der Waals surface area (Å²) >= 11 is 5.88. The second-order valence-electron chi connectivity index (χ2n) is 7.92. The molecule has 0 radical (unpaired) electrons. The fourth-order valence-corrected chi connectivity index (χ4v) is 3.19. The van der Waals surface area contributed by atoms with Crippen LogP contribution in [-0.4, -0.2) is 45.2 Å². The Bertz CT molecular complexity index is 860. The molecule has 156 valence electrons. The summed E-state index contributed by atoms with van der Waals surface area (Å²) in [5, 5.41) is 7.33. The molecule has 1 N–H and O–H groups in total. The zero-order valence-electron chi connectivity index (χ0n) is 16.8. The number of carbonyl (C=O) groups excluding carboxylic acids is 2. The number of rotatable bonds is 4. The first-order valence-electron chi connectivity index (χ1n) is 9.59. The molecular formula is C20H25ClN4O4. The lowest BCUT2D eigenvalue weighted by molar-refractivity contribution is -0.127. The third kappa shape index (κ3) is 5.69. The van der Waals surface area contributed by atoms with Gasteiger partial charge in [-0.3, -0.25) is 9.69 Å². The molecular weight excluding hydrogens is 396 g/mol. The van der Waals surface area contributed by atoms with Crippen molar-refractivity contribution in [1.82, 2.24) is 20.4 Å². The summed E-state index contributed by atoms with van der Waals surface area (Å²) in [6.07, 6.45) is 1.83. The Hall–Kier alpha value is -2.61. The molecule has 9 heteroatoms. The predicted molar refractivity (Wildman–Crippen MR) is 107 cm³/mol. The Balaban J connectivity index is 1.60. The van der Waals surface area contributed by atoms with E-state index in [1.165, 1.54) is 4.90 Å². The molecule has 1 aliphatic rings. The third-order valence-corrected chi connectivity index (χ3v) is 4.67. The van der Waals surface area contributed by atoms with Crippen LogP contribution in [0.4, 0.5) is 4.79 Å². The monoisotopic (exact) mass is 420 g/mol. The van der Waals surface area contributed by atoms with E-state index in [0.29, 0.717) is 23.8 Å². The summed E-state index contributed by atoms with van der Waals surface area (Å²) in [4.78, 5) is 30.9. The molecule has 0 unspecified atom stereocenters. The number of halogens is 1. The number of nitrogens with one attached hydrogen (secondary N) is 1. The highest BCUT2D eigenvalue weighted by molar-refractivity contribution is 6.30. The lowest BCUT2D eigenvalue weighted by Gasteiger charge is -2.35. The highest BCUT2D eigenvalue weighted by atomic mass is 35.5.